The molecule has 0 radical (unpaired) electrons. The zero-order valence-electron chi connectivity index (χ0n) is 10.8. The average molecular weight is 306 g/mol. The Balaban J connectivity index is 1.69. The maximum Gasteiger partial charge on any atom is 0.170 e. The highest BCUT2D eigenvalue weighted by molar-refractivity contribution is 7.99. The standard InChI is InChI=1S/C15H15FN2S2/c16-13-8-4-5-9-14(13)18-15(19)17-10-11-20-12-6-2-1-3-7-12/h1-9H,10-11H2,(H2,17,18,19). The van der Waals surface area contributed by atoms with E-state index in [2.05, 4.69) is 22.8 Å². The summed E-state index contributed by atoms with van der Waals surface area (Å²) < 4.78 is 13.4. The van der Waals surface area contributed by atoms with Gasteiger partial charge in [-0.05, 0) is 36.5 Å². The normalized spacial score (nSPS) is 10.1. The van der Waals surface area contributed by atoms with Crippen LogP contribution in [0, 0.1) is 5.82 Å². The van der Waals surface area contributed by atoms with Gasteiger partial charge in [-0.1, -0.05) is 30.3 Å². The number of thioether (sulfide) groups is 1. The molecule has 0 aliphatic rings. The summed E-state index contributed by atoms with van der Waals surface area (Å²) in [5.74, 6) is 0.582. The average Bonchev–Trinajstić information content (AvgIpc) is 2.47. The molecule has 2 nitrogen and oxygen atoms in total. The Hall–Kier alpha value is -1.59. The lowest BCUT2D eigenvalue weighted by Crippen LogP contribution is -2.30. The van der Waals surface area contributed by atoms with E-state index < -0.39 is 0 Å². The van der Waals surface area contributed by atoms with Crippen molar-refractivity contribution in [1.82, 2.24) is 5.32 Å². The third-order valence-electron chi connectivity index (χ3n) is 2.52. The van der Waals surface area contributed by atoms with Gasteiger partial charge in [0.05, 0.1) is 5.69 Å². The zero-order valence-corrected chi connectivity index (χ0v) is 12.4. The van der Waals surface area contributed by atoms with Crippen LogP contribution in [0.5, 0.6) is 0 Å². The Morgan fingerprint density at radius 3 is 2.50 bits per heavy atom. The molecule has 0 atom stereocenters. The first-order valence-corrected chi connectivity index (χ1v) is 7.62. The van der Waals surface area contributed by atoms with E-state index in [4.69, 9.17) is 12.2 Å². The summed E-state index contributed by atoms with van der Waals surface area (Å²) >= 11 is 6.88. The molecule has 0 spiro atoms. The SMILES string of the molecule is Fc1ccccc1NC(=S)NCCSc1ccccc1. The number of rotatable bonds is 5. The van der Waals surface area contributed by atoms with Crippen LogP contribution in [-0.4, -0.2) is 17.4 Å². The van der Waals surface area contributed by atoms with Crippen molar-refractivity contribution >= 4 is 34.8 Å². The van der Waals surface area contributed by atoms with Gasteiger partial charge >= 0.3 is 0 Å². The van der Waals surface area contributed by atoms with E-state index in [0.29, 0.717) is 10.8 Å². The number of hydrogen-bond donors (Lipinski definition) is 2. The first-order chi connectivity index (χ1) is 9.75. The van der Waals surface area contributed by atoms with Crippen LogP contribution >= 0.6 is 24.0 Å². The number of benzene rings is 2. The Morgan fingerprint density at radius 2 is 1.75 bits per heavy atom. The Kier molecular flexibility index (Phi) is 5.83. The summed E-state index contributed by atoms with van der Waals surface area (Å²) in [6.45, 7) is 0.722. The van der Waals surface area contributed by atoms with Gasteiger partial charge in [0.1, 0.15) is 5.82 Å². The van der Waals surface area contributed by atoms with Crippen molar-refractivity contribution < 1.29 is 4.39 Å². The minimum Gasteiger partial charge on any atom is -0.362 e. The first-order valence-electron chi connectivity index (χ1n) is 6.23. The van der Waals surface area contributed by atoms with E-state index >= 15 is 0 Å². The fourth-order valence-electron chi connectivity index (χ4n) is 1.58. The minimum absolute atomic E-state index is 0.310. The topological polar surface area (TPSA) is 24.1 Å². The molecule has 2 rings (SSSR count). The quantitative estimate of drug-likeness (QED) is 0.497. The van der Waals surface area contributed by atoms with Crippen molar-refractivity contribution in [2.75, 3.05) is 17.6 Å². The van der Waals surface area contributed by atoms with Crippen molar-refractivity contribution in [3.05, 3.63) is 60.4 Å². The van der Waals surface area contributed by atoms with Crippen LogP contribution in [-0.2, 0) is 0 Å². The van der Waals surface area contributed by atoms with Crippen molar-refractivity contribution in [3.63, 3.8) is 0 Å². The lowest BCUT2D eigenvalue weighted by Gasteiger charge is -2.10. The number of para-hydroxylation sites is 1. The van der Waals surface area contributed by atoms with E-state index in [-0.39, 0.29) is 5.82 Å². The number of hydrogen-bond acceptors (Lipinski definition) is 2. The third kappa shape index (κ3) is 4.83. The van der Waals surface area contributed by atoms with E-state index in [1.807, 2.05) is 18.2 Å². The molecule has 0 heterocycles. The second-order valence-corrected chi connectivity index (χ2v) is 5.60. The van der Waals surface area contributed by atoms with E-state index in [1.165, 1.54) is 11.0 Å². The van der Waals surface area contributed by atoms with Gasteiger partial charge in [-0.15, -0.1) is 11.8 Å². The van der Waals surface area contributed by atoms with Crippen molar-refractivity contribution in [2.45, 2.75) is 4.90 Å². The summed E-state index contributed by atoms with van der Waals surface area (Å²) in [5.41, 5.74) is 0.390. The molecule has 0 saturated heterocycles. The molecule has 104 valence electrons. The van der Waals surface area contributed by atoms with Crippen LogP contribution in [0.2, 0.25) is 0 Å². The van der Waals surface area contributed by atoms with Crippen LogP contribution in [0.1, 0.15) is 0 Å². The summed E-state index contributed by atoms with van der Waals surface area (Å²) in [7, 11) is 0. The molecule has 2 aromatic rings. The number of nitrogens with one attached hydrogen (secondary N) is 2. The van der Waals surface area contributed by atoms with Crippen LogP contribution in [0.4, 0.5) is 10.1 Å². The molecular weight excluding hydrogens is 291 g/mol. The lowest BCUT2D eigenvalue weighted by molar-refractivity contribution is 0.632. The van der Waals surface area contributed by atoms with Gasteiger partial charge < -0.3 is 10.6 Å². The molecule has 0 saturated carbocycles. The van der Waals surface area contributed by atoms with E-state index in [0.717, 1.165) is 12.3 Å². The molecule has 0 aromatic heterocycles. The Morgan fingerprint density at radius 1 is 1.05 bits per heavy atom. The predicted molar refractivity (Wildman–Crippen MR) is 87.8 cm³/mol. The van der Waals surface area contributed by atoms with Crippen LogP contribution < -0.4 is 10.6 Å². The second-order valence-electron chi connectivity index (χ2n) is 4.02. The third-order valence-corrected chi connectivity index (χ3v) is 3.78. The Bertz CT molecular complexity index is 561. The van der Waals surface area contributed by atoms with Crippen molar-refractivity contribution in [3.8, 4) is 0 Å². The summed E-state index contributed by atoms with van der Waals surface area (Å²) in [6, 6.07) is 16.6. The van der Waals surface area contributed by atoms with Gasteiger partial charge in [0.2, 0.25) is 0 Å². The molecule has 0 unspecified atom stereocenters. The molecule has 5 heteroatoms. The molecule has 0 aliphatic heterocycles. The highest BCUT2D eigenvalue weighted by Gasteiger charge is 2.02. The number of anilines is 1. The van der Waals surface area contributed by atoms with Gasteiger partial charge in [0, 0.05) is 17.2 Å². The highest BCUT2D eigenvalue weighted by Crippen LogP contribution is 2.16. The Labute approximate surface area is 127 Å². The van der Waals surface area contributed by atoms with Gasteiger partial charge in [0.25, 0.3) is 0 Å². The fraction of sp³-hybridized carbons (Fsp3) is 0.133. The number of thiocarbonyl (C=S) groups is 1. The zero-order chi connectivity index (χ0) is 14.2. The second kappa shape index (κ2) is 7.87. The largest absolute Gasteiger partial charge is 0.362 e. The molecule has 0 bridgehead atoms. The predicted octanol–water partition coefficient (Wildman–Crippen LogP) is 3.90. The fourth-order valence-corrected chi connectivity index (χ4v) is 2.58. The van der Waals surface area contributed by atoms with Gasteiger partial charge in [-0.2, -0.15) is 0 Å². The lowest BCUT2D eigenvalue weighted by atomic mass is 10.3. The molecule has 0 fully saturated rings. The van der Waals surface area contributed by atoms with Crippen molar-refractivity contribution in [1.29, 1.82) is 0 Å². The molecule has 2 aromatic carbocycles. The summed E-state index contributed by atoms with van der Waals surface area (Å²) in [4.78, 5) is 1.22. The molecule has 20 heavy (non-hydrogen) atoms. The van der Waals surface area contributed by atoms with Crippen LogP contribution in [0.25, 0.3) is 0 Å². The van der Waals surface area contributed by atoms with Gasteiger partial charge in [0.15, 0.2) is 5.11 Å². The molecule has 0 amide bonds. The smallest absolute Gasteiger partial charge is 0.170 e. The monoisotopic (exact) mass is 306 g/mol. The first kappa shape index (κ1) is 14.8. The highest BCUT2D eigenvalue weighted by atomic mass is 32.2. The van der Waals surface area contributed by atoms with Gasteiger partial charge in [-0.3, -0.25) is 0 Å². The molecule has 0 aliphatic carbocycles. The van der Waals surface area contributed by atoms with E-state index in [1.54, 1.807) is 30.0 Å². The number of halogens is 1. The maximum atomic E-state index is 13.4. The van der Waals surface area contributed by atoms with Crippen molar-refractivity contribution in [2.24, 2.45) is 0 Å². The summed E-state index contributed by atoms with van der Waals surface area (Å²) in [6.07, 6.45) is 0. The van der Waals surface area contributed by atoms with E-state index in [9.17, 15) is 4.39 Å². The minimum atomic E-state index is -0.310. The maximum absolute atomic E-state index is 13.4. The van der Waals surface area contributed by atoms with Crippen LogP contribution in [0.3, 0.4) is 0 Å². The molecular formula is C15H15FN2S2. The summed E-state index contributed by atoms with van der Waals surface area (Å²) in [5, 5.41) is 6.34. The van der Waals surface area contributed by atoms with Gasteiger partial charge in [-0.25, -0.2) is 4.39 Å². The van der Waals surface area contributed by atoms with Crippen LogP contribution in [0.15, 0.2) is 59.5 Å². The molecule has 2 N–H and O–H groups in total.